The Bertz CT molecular complexity index is 3310. The van der Waals surface area contributed by atoms with Crippen LogP contribution >= 0.6 is 0 Å². The number of imidazole rings is 2. The van der Waals surface area contributed by atoms with E-state index in [1.807, 2.05) is 95.5 Å². The Morgan fingerprint density at radius 2 is 1.03 bits per heavy atom. The number of hydrogen-bond donors (Lipinski definition) is 5. The smallest absolute Gasteiger partial charge is 0.417 e. The molecule has 6 N–H and O–H groups in total. The van der Waals surface area contributed by atoms with Gasteiger partial charge in [-0.2, -0.15) is 36.5 Å². The molecule has 0 radical (unpaired) electrons. The van der Waals surface area contributed by atoms with Crippen molar-refractivity contribution in [2.24, 2.45) is 0 Å². The second kappa shape index (κ2) is 18.6. The average molecular weight is 913 g/mol. The number of H-pyrrole nitrogens is 2. The summed E-state index contributed by atoms with van der Waals surface area (Å²) < 4.78 is 82.6. The number of carbonyl (C=O) groups excluding carboxylic acids is 1. The van der Waals surface area contributed by atoms with Gasteiger partial charge in [0.15, 0.2) is 0 Å². The van der Waals surface area contributed by atoms with E-state index in [-0.39, 0.29) is 33.6 Å². The lowest BCUT2D eigenvalue weighted by Crippen LogP contribution is -2.15. The number of carboxylic acids is 1. The monoisotopic (exact) mass is 912 g/mol. The van der Waals surface area contributed by atoms with Crippen molar-refractivity contribution in [1.82, 2.24) is 39.2 Å². The van der Waals surface area contributed by atoms with Crippen LogP contribution in [0.25, 0.3) is 56.3 Å². The third kappa shape index (κ3) is 9.75. The quantitative estimate of drug-likeness (QED) is 0.0978. The number of halogens is 6. The van der Waals surface area contributed by atoms with Crippen molar-refractivity contribution in [1.29, 1.82) is 0 Å². The van der Waals surface area contributed by atoms with Crippen molar-refractivity contribution >= 4 is 34.8 Å². The van der Waals surface area contributed by atoms with Crippen LogP contribution in [-0.2, 0) is 12.4 Å². The van der Waals surface area contributed by atoms with Crippen LogP contribution in [0.1, 0.15) is 31.8 Å². The van der Waals surface area contributed by atoms with Gasteiger partial charge in [-0.1, -0.05) is 72.8 Å². The minimum Gasteiger partial charge on any atom is -0.478 e. The maximum absolute atomic E-state index is 13.5. The molecule has 0 bridgehead atoms. The number of carboxylic acid groups (broad SMARTS) is 1. The van der Waals surface area contributed by atoms with E-state index >= 15 is 0 Å². The number of nitrogens with zero attached hydrogens (tertiary/aromatic N) is 6. The van der Waals surface area contributed by atoms with Gasteiger partial charge in [0.2, 0.25) is 0 Å². The van der Waals surface area contributed by atoms with Gasteiger partial charge < -0.3 is 16.2 Å². The highest BCUT2D eigenvalue weighted by atomic mass is 19.4. The van der Waals surface area contributed by atoms with E-state index in [0.717, 1.165) is 52.8 Å². The zero-order valence-electron chi connectivity index (χ0n) is 34.5. The summed E-state index contributed by atoms with van der Waals surface area (Å²) in [6.45, 7) is 0. The minimum absolute atomic E-state index is 0.0671. The van der Waals surface area contributed by atoms with E-state index in [0.29, 0.717) is 23.0 Å². The largest absolute Gasteiger partial charge is 0.478 e. The van der Waals surface area contributed by atoms with Crippen LogP contribution in [0.15, 0.2) is 170 Å². The van der Waals surface area contributed by atoms with E-state index in [9.17, 15) is 35.9 Å². The highest BCUT2D eigenvalue weighted by Crippen LogP contribution is 2.39. The number of aromatic carboxylic acids is 1. The number of alkyl halides is 6. The molecule has 67 heavy (non-hydrogen) atoms. The molecule has 6 heterocycles. The number of hydrogen-bond acceptors (Lipinski definition) is 7. The van der Waals surface area contributed by atoms with Crippen molar-refractivity contribution in [2.45, 2.75) is 12.4 Å². The number of rotatable bonds is 7. The summed E-state index contributed by atoms with van der Waals surface area (Å²) in [6, 6.07) is 39.2. The summed E-state index contributed by atoms with van der Waals surface area (Å²) in [6.07, 6.45) is -2.82. The van der Waals surface area contributed by atoms with Crippen molar-refractivity contribution in [3.8, 4) is 45.0 Å². The Kier molecular flexibility index (Phi) is 12.4. The highest BCUT2D eigenvalue weighted by Gasteiger charge is 2.35. The number of amides is 1. The summed E-state index contributed by atoms with van der Waals surface area (Å²) in [5.41, 5.74) is 8.77. The molecule has 0 saturated heterocycles. The number of anilines is 2. The Balaban J connectivity index is 0.000000150. The van der Waals surface area contributed by atoms with Gasteiger partial charge in [0.1, 0.15) is 34.3 Å². The van der Waals surface area contributed by atoms with Crippen LogP contribution < -0.4 is 11.1 Å². The van der Waals surface area contributed by atoms with Crippen LogP contribution in [0.4, 0.5) is 38.0 Å². The average Bonchev–Trinajstić information content (AvgIpc) is 4.18. The lowest BCUT2D eigenvalue weighted by molar-refractivity contribution is -0.137. The second-order valence-electron chi connectivity index (χ2n) is 14.5. The molecule has 10 aromatic rings. The molecule has 1 amide bonds. The molecule has 336 valence electrons. The molecular formula is C48H34F6N10O3. The van der Waals surface area contributed by atoms with E-state index in [1.54, 1.807) is 22.7 Å². The van der Waals surface area contributed by atoms with Gasteiger partial charge in [-0.3, -0.25) is 23.8 Å². The standard InChI is InChI=1S/C24H16F3N5O.C13H11N3.C11H7F3N2O2/c25-24(26,27)18-10-9-16(14-17(18)19-11-12-28-31-19)23(33)30-22-21(15-6-2-1-3-7-15)29-20-8-4-5-13-32(20)22;14-13-12(10-6-2-1-3-7-10)15-11-8-4-5-9-16(11)13;12-11(13,14)8-2-1-6(10(17)18)5-7(8)9-3-4-15-16-9/h1-14H,(H,28,31)(H,30,33);1-9H,14H2;1-5H,(H,15,16)(H,17,18). The van der Waals surface area contributed by atoms with Crippen molar-refractivity contribution in [2.75, 3.05) is 11.1 Å². The fourth-order valence-electron chi connectivity index (χ4n) is 7.03. The van der Waals surface area contributed by atoms with Gasteiger partial charge in [-0.15, -0.1) is 0 Å². The predicted octanol–water partition coefficient (Wildman–Crippen LogP) is 11.0. The number of nitrogens with one attached hydrogen (secondary N) is 3. The van der Waals surface area contributed by atoms with Gasteiger partial charge in [0.05, 0.1) is 28.1 Å². The number of aromatic amines is 2. The fraction of sp³-hybridized carbons (Fsp3) is 0.0417. The molecule has 6 aromatic heterocycles. The molecule has 0 aliphatic heterocycles. The third-order valence-electron chi connectivity index (χ3n) is 10.2. The highest BCUT2D eigenvalue weighted by molar-refractivity contribution is 6.06. The van der Waals surface area contributed by atoms with E-state index in [2.05, 4.69) is 35.7 Å². The molecule has 0 unspecified atom stereocenters. The maximum Gasteiger partial charge on any atom is 0.417 e. The van der Waals surface area contributed by atoms with Gasteiger partial charge in [-0.25, -0.2) is 14.8 Å². The topological polar surface area (TPSA) is 184 Å². The molecular weight excluding hydrogens is 879 g/mol. The summed E-state index contributed by atoms with van der Waals surface area (Å²) in [5.74, 6) is -0.747. The SMILES string of the molecule is Nc1c(-c2ccccc2)nc2ccccn12.O=C(Nc1c(-c2ccccc2)nc2ccccn12)c1ccc(C(F)(F)F)c(-c2ccn[nH]2)c1.O=C(O)c1ccc(C(F)(F)F)c(-c2ccn[nH]2)c1. The number of carbonyl (C=O) groups is 2. The lowest BCUT2D eigenvalue weighted by Gasteiger charge is -2.14. The van der Waals surface area contributed by atoms with Gasteiger partial charge >= 0.3 is 18.3 Å². The Hall–Kier alpha value is -9.00. The normalized spacial score (nSPS) is 11.4. The van der Waals surface area contributed by atoms with Gasteiger partial charge in [-0.05, 0) is 72.8 Å². The molecule has 0 spiro atoms. The zero-order valence-corrected chi connectivity index (χ0v) is 34.5. The van der Waals surface area contributed by atoms with Crippen LogP contribution in [0.5, 0.6) is 0 Å². The number of benzene rings is 4. The molecule has 10 rings (SSSR count). The summed E-state index contributed by atoms with van der Waals surface area (Å²) in [7, 11) is 0. The van der Waals surface area contributed by atoms with Crippen molar-refractivity contribution in [3.05, 3.63) is 193 Å². The number of pyridine rings is 2. The molecule has 13 nitrogen and oxygen atoms in total. The van der Waals surface area contributed by atoms with Crippen LogP contribution in [0.3, 0.4) is 0 Å². The summed E-state index contributed by atoms with van der Waals surface area (Å²) in [4.78, 5) is 33.1. The van der Waals surface area contributed by atoms with Crippen molar-refractivity contribution < 1.29 is 41.0 Å². The predicted molar refractivity (Wildman–Crippen MR) is 239 cm³/mol. The number of fused-ring (bicyclic) bond motifs is 2. The van der Waals surface area contributed by atoms with Crippen LogP contribution in [0.2, 0.25) is 0 Å². The first kappa shape index (κ1) is 44.6. The van der Waals surface area contributed by atoms with Crippen LogP contribution in [-0.4, -0.2) is 56.1 Å². The van der Waals surface area contributed by atoms with E-state index in [4.69, 9.17) is 10.8 Å². The number of nitrogens with two attached hydrogens (primary N) is 1. The molecule has 0 aliphatic carbocycles. The maximum atomic E-state index is 13.5. The van der Waals surface area contributed by atoms with E-state index < -0.39 is 35.4 Å². The molecule has 0 atom stereocenters. The molecule has 0 aliphatic rings. The fourth-order valence-corrected chi connectivity index (χ4v) is 7.03. The Labute approximate surface area is 375 Å². The molecule has 19 heteroatoms. The molecule has 0 fully saturated rings. The first-order valence-electron chi connectivity index (χ1n) is 19.9. The van der Waals surface area contributed by atoms with Crippen LogP contribution in [0, 0.1) is 0 Å². The van der Waals surface area contributed by atoms with Gasteiger partial charge in [0, 0.05) is 52.6 Å². The lowest BCUT2D eigenvalue weighted by atomic mass is 10.0. The minimum atomic E-state index is -4.59. The molecule has 0 saturated carbocycles. The first-order valence-corrected chi connectivity index (χ1v) is 19.9. The third-order valence-corrected chi connectivity index (χ3v) is 10.2. The Morgan fingerprint density at radius 3 is 1.52 bits per heavy atom. The Morgan fingerprint density at radius 1 is 0.567 bits per heavy atom. The summed E-state index contributed by atoms with van der Waals surface area (Å²) >= 11 is 0. The van der Waals surface area contributed by atoms with E-state index in [1.165, 1.54) is 30.6 Å². The number of aromatic nitrogens is 8. The second-order valence-corrected chi connectivity index (χ2v) is 14.5. The zero-order chi connectivity index (χ0) is 47.3. The summed E-state index contributed by atoms with van der Waals surface area (Å²) in [5, 5.41) is 23.8. The first-order chi connectivity index (χ1) is 32.2. The van der Waals surface area contributed by atoms with Gasteiger partial charge in [0.25, 0.3) is 5.91 Å². The molecule has 4 aromatic carbocycles. The van der Waals surface area contributed by atoms with Crippen molar-refractivity contribution in [3.63, 3.8) is 0 Å². The number of nitrogen functional groups attached to an aromatic ring is 1.